The van der Waals surface area contributed by atoms with Gasteiger partial charge < -0.3 is 24.8 Å². The van der Waals surface area contributed by atoms with Crippen LogP contribution in [0, 0.1) is 63.1 Å². The van der Waals surface area contributed by atoms with Crippen molar-refractivity contribution >= 4 is 0 Å². The number of hydrogen-bond donors (Lipinski definition) is 3. The fourth-order valence-electron chi connectivity index (χ4n) is 10.6. The zero-order chi connectivity index (χ0) is 30.6. The molecule has 0 spiro atoms. The van der Waals surface area contributed by atoms with Gasteiger partial charge in [-0.05, 0) is 103 Å². The Hall–Kier alpha value is -0.860. The van der Waals surface area contributed by atoms with Crippen LogP contribution in [0.2, 0.25) is 0 Å². The second kappa shape index (κ2) is 12.5. The van der Waals surface area contributed by atoms with E-state index in [1.165, 1.54) is 38.5 Å². The Morgan fingerprint density at radius 3 is 2.33 bits per heavy atom. The van der Waals surface area contributed by atoms with Crippen LogP contribution in [-0.2, 0) is 9.47 Å². The number of rotatable bonds is 9. The maximum absolute atomic E-state index is 10.8. The Morgan fingerprint density at radius 2 is 1.64 bits per heavy atom. The SMILES string of the molecule is CC(C)C(C)CCC(C)C1CCC2C3=CCC4C(C)C(OC5OC(CN=O)C(O)C(O)C5O)CCC4(C)C3CCC21C. The summed E-state index contributed by atoms with van der Waals surface area (Å²) in [7, 11) is 0. The van der Waals surface area contributed by atoms with E-state index >= 15 is 0 Å². The zero-order valence-corrected chi connectivity index (χ0v) is 27.2. The molecule has 3 saturated carbocycles. The van der Waals surface area contributed by atoms with Gasteiger partial charge in [-0.25, -0.2) is 0 Å². The molecule has 42 heavy (non-hydrogen) atoms. The second-order valence-corrected chi connectivity index (χ2v) is 16.1. The third-order valence-corrected chi connectivity index (χ3v) is 13.8. The van der Waals surface area contributed by atoms with E-state index in [9.17, 15) is 20.2 Å². The third-order valence-electron chi connectivity index (χ3n) is 13.8. The fourth-order valence-corrected chi connectivity index (χ4v) is 10.6. The molecule has 0 aromatic heterocycles. The van der Waals surface area contributed by atoms with Gasteiger partial charge in [-0.15, -0.1) is 0 Å². The lowest BCUT2D eigenvalue weighted by molar-refractivity contribution is -0.314. The smallest absolute Gasteiger partial charge is 0.186 e. The predicted molar refractivity (Wildman–Crippen MR) is 164 cm³/mol. The first-order chi connectivity index (χ1) is 19.8. The van der Waals surface area contributed by atoms with Crippen LogP contribution in [0.1, 0.15) is 106 Å². The summed E-state index contributed by atoms with van der Waals surface area (Å²) in [6, 6.07) is 0. The van der Waals surface area contributed by atoms with Crippen LogP contribution >= 0.6 is 0 Å². The average molecular weight is 590 g/mol. The van der Waals surface area contributed by atoms with Crippen molar-refractivity contribution < 1.29 is 24.8 Å². The van der Waals surface area contributed by atoms with Gasteiger partial charge in [-0.3, -0.25) is 0 Å². The second-order valence-electron chi connectivity index (χ2n) is 16.1. The van der Waals surface area contributed by atoms with Gasteiger partial charge in [0, 0.05) is 0 Å². The molecule has 1 saturated heterocycles. The largest absolute Gasteiger partial charge is 0.388 e. The minimum Gasteiger partial charge on any atom is -0.388 e. The summed E-state index contributed by atoms with van der Waals surface area (Å²) in [6.45, 7) is 16.8. The van der Waals surface area contributed by atoms with E-state index < -0.39 is 30.7 Å². The summed E-state index contributed by atoms with van der Waals surface area (Å²) >= 11 is 0. The number of nitrogens with zero attached hydrogens (tertiary/aromatic N) is 1. The molecule has 7 nitrogen and oxygen atoms in total. The maximum atomic E-state index is 10.8. The molecule has 15 atom stereocenters. The molecular weight excluding hydrogens is 530 g/mol. The van der Waals surface area contributed by atoms with Crippen LogP contribution in [0.3, 0.4) is 0 Å². The lowest BCUT2D eigenvalue weighted by Crippen LogP contribution is -2.60. The Labute approximate surface area is 254 Å². The number of aliphatic hydroxyl groups is 3. The molecule has 15 unspecified atom stereocenters. The molecule has 240 valence electrons. The van der Waals surface area contributed by atoms with E-state index in [0.29, 0.717) is 17.3 Å². The van der Waals surface area contributed by atoms with Crippen molar-refractivity contribution in [2.75, 3.05) is 6.54 Å². The van der Waals surface area contributed by atoms with Gasteiger partial charge in [0.15, 0.2) is 6.29 Å². The zero-order valence-electron chi connectivity index (χ0n) is 27.2. The topological polar surface area (TPSA) is 109 Å². The van der Waals surface area contributed by atoms with E-state index in [2.05, 4.69) is 59.7 Å². The first-order valence-electron chi connectivity index (χ1n) is 17.2. The highest BCUT2D eigenvalue weighted by molar-refractivity contribution is 5.28. The molecule has 0 amide bonds. The van der Waals surface area contributed by atoms with Crippen molar-refractivity contribution in [2.24, 2.45) is 63.4 Å². The number of fused-ring (bicyclic) bond motifs is 5. The number of allylic oxidation sites excluding steroid dienone is 2. The van der Waals surface area contributed by atoms with E-state index in [4.69, 9.17) is 9.47 Å². The lowest BCUT2D eigenvalue weighted by atomic mass is 9.46. The van der Waals surface area contributed by atoms with Gasteiger partial charge in [0.1, 0.15) is 31.0 Å². The maximum Gasteiger partial charge on any atom is 0.186 e. The molecule has 1 heterocycles. The Morgan fingerprint density at radius 1 is 0.952 bits per heavy atom. The number of ether oxygens (including phenoxy) is 2. The molecule has 7 heteroatoms. The molecule has 5 rings (SSSR count). The van der Waals surface area contributed by atoms with Crippen molar-refractivity contribution in [3.63, 3.8) is 0 Å². The summed E-state index contributed by atoms with van der Waals surface area (Å²) < 4.78 is 12.1. The molecule has 5 aliphatic rings. The molecule has 0 bridgehead atoms. The Kier molecular flexibility index (Phi) is 9.68. The highest BCUT2D eigenvalue weighted by Gasteiger charge is 2.59. The van der Waals surface area contributed by atoms with Gasteiger partial charge in [0.25, 0.3) is 0 Å². The molecule has 0 aromatic rings. The van der Waals surface area contributed by atoms with Crippen LogP contribution < -0.4 is 0 Å². The third kappa shape index (κ3) is 5.57. The van der Waals surface area contributed by atoms with E-state index in [0.717, 1.165) is 48.9 Å². The first kappa shape index (κ1) is 32.5. The Bertz CT molecular complexity index is 987. The van der Waals surface area contributed by atoms with Crippen molar-refractivity contribution in [1.82, 2.24) is 0 Å². The van der Waals surface area contributed by atoms with Crippen LogP contribution in [0.25, 0.3) is 0 Å². The van der Waals surface area contributed by atoms with Crippen LogP contribution in [0.4, 0.5) is 0 Å². The molecule has 4 aliphatic carbocycles. The minimum atomic E-state index is -1.44. The summed E-state index contributed by atoms with van der Waals surface area (Å²) in [5.74, 6) is 5.26. The lowest BCUT2D eigenvalue weighted by Gasteiger charge is -2.60. The highest BCUT2D eigenvalue weighted by Crippen LogP contribution is 2.67. The molecule has 0 aromatic carbocycles. The normalized spacial score (nSPS) is 48.5. The highest BCUT2D eigenvalue weighted by atomic mass is 16.7. The summed E-state index contributed by atoms with van der Waals surface area (Å²) in [4.78, 5) is 10.8. The number of nitroso groups, excluding NO2 is 1. The minimum absolute atomic E-state index is 0.122. The predicted octanol–water partition coefficient (Wildman–Crippen LogP) is 6.48. The summed E-state index contributed by atoms with van der Waals surface area (Å²) in [5, 5.41) is 34.1. The monoisotopic (exact) mass is 589 g/mol. The van der Waals surface area contributed by atoms with E-state index in [1.807, 2.05) is 0 Å². The Balaban J connectivity index is 1.27. The van der Waals surface area contributed by atoms with Gasteiger partial charge >= 0.3 is 0 Å². The molecule has 4 fully saturated rings. The van der Waals surface area contributed by atoms with E-state index in [-0.39, 0.29) is 24.0 Å². The molecule has 1 aliphatic heterocycles. The molecule has 3 N–H and O–H groups in total. The summed E-state index contributed by atoms with van der Waals surface area (Å²) in [6.07, 6.45) is 7.30. The van der Waals surface area contributed by atoms with E-state index in [1.54, 1.807) is 5.57 Å². The van der Waals surface area contributed by atoms with Crippen LogP contribution in [0.5, 0.6) is 0 Å². The molecular formula is C35H59NO6. The van der Waals surface area contributed by atoms with Crippen molar-refractivity contribution in [3.05, 3.63) is 16.6 Å². The van der Waals surface area contributed by atoms with Gasteiger partial charge in [-0.2, -0.15) is 4.91 Å². The number of aliphatic hydroxyl groups excluding tert-OH is 3. The molecule has 0 radical (unpaired) electrons. The number of hydrogen-bond acceptors (Lipinski definition) is 7. The van der Waals surface area contributed by atoms with Gasteiger partial charge in [0.2, 0.25) is 0 Å². The van der Waals surface area contributed by atoms with Gasteiger partial charge in [-0.1, -0.05) is 78.1 Å². The fraction of sp³-hybridized carbons (Fsp3) is 0.943. The van der Waals surface area contributed by atoms with Crippen LogP contribution in [-0.4, -0.2) is 58.7 Å². The summed E-state index contributed by atoms with van der Waals surface area (Å²) in [5.41, 5.74) is 2.42. The quantitative estimate of drug-likeness (QED) is 0.210. The average Bonchev–Trinajstić information content (AvgIpc) is 3.31. The standard InChI is InChI=1S/C35H59NO6/c1-19(2)20(3)8-9-21(4)24-12-13-26-23-10-11-25-22(5)28(15-17-35(25,7)27(23)14-16-34(24,26)6)41-33-32(39)31(38)30(37)29(42-33)18-36-40/h10,19-22,24-33,37-39H,8-9,11-18H2,1-7H3. The van der Waals surface area contributed by atoms with Crippen molar-refractivity contribution in [1.29, 1.82) is 0 Å². The van der Waals surface area contributed by atoms with Gasteiger partial charge in [0.05, 0.1) is 6.10 Å². The first-order valence-corrected chi connectivity index (χ1v) is 17.2. The van der Waals surface area contributed by atoms with Crippen molar-refractivity contribution in [3.8, 4) is 0 Å². The van der Waals surface area contributed by atoms with Crippen molar-refractivity contribution in [2.45, 2.75) is 143 Å². The van der Waals surface area contributed by atoms with Crippen LogP contribution in [0.15, 0.2) is 16.8 Å².